The average molecular weight is 258 g/mol. The quantitative estimate of drug-likeness (QED) is 0.775. The Bertz CT molecular complexity index is 508. The van der Waals surface area contributed by atoms with Gasteiger partial charge in [-0.15, -0.1) is 0 Å². The zero-order valence-electron chi connectivity index (χ0n) is 11.2. The van der Waals surface area contributed by atoms with Crippen molar-refractivity contribution >= 4 is 0 Å². The Balaban J connectivity index is 1.76. The molecule has 0 aliphatic rings. The summed E-state index contributed by atoms with van der Waals surface area (Å²) in [7, 11) is 1.68. The molecule has 0 unspecified atom stereocenters. The van der Waals surface area contributed by atoms with E-state index in [4.69, 9.17) is 4.74 Å². The van der Waals surface area contributed by atoms with Gasteiger partial charge in [0.25, 0.3) is 0 Å². The van der Waals surface area contributed by atoms with E-state index in [1.54, 1.807) is 13.2 Å². The first kappa shape index (κ1) is 13.4. The van der Waals surface area contributed by atoms with Crippen LogP contribution in [0.3, 0.4) is 0 Å². The summed E-state index contributed by atoms with van der Waals surface area (Å²) in [4.78, 5) is 0. The van der Waals surface area contributed by atoms with Crippen LogP contribution in [0.5, 0.6) is 11.5 Å². The van der Waals surface area contributed by atoms with E-state index in [0.717, 1.165) is 30.8 Å². The van der Waals surface area contributed by atoms with Crippen molar-refractivity contribution in [1.29, 1.82) is 0 Å². The Morgan fingerprint density at radius 3 is 2.47 bits per heavy atom. The third kappa shape index (κ3) is 4.00. The number of rotatable bonds is 6. The Hall–Kier alpha value is -2.00. The second-order valence-corrected chi connectivity index (χ2v) is 4.51. The predicted octanol–water partition coefficient (Wildman–Crippen LogP) is 1.71. The first-order chi connectivity index (χ1) is 9.29. The smallest absolute Gasteiger partial charge is 0.124 e. The number of para-hydroxylation sites is 1. The summed E-state index contributed by atoms with van der Waals surface area (Å²) in [6, 6.07) is 15.6. The van der Waals surface area contributed by atoms with Gasteiger partial charge < -0.3 is 15.2 Å². The molecular weight excluding hydrogens is 238 g/mol. The molecule has 0 bridgehead atoms. The molecular formula is C16H20NO2+. The number of benzene rings is 2. The van der Waals surface area contributed by atoms with Gasteiger partial charge in [0.15, 0.2) is 0 Å². The number of hydrogen-bond acceptors (Lipinski definition) is 2. The number of aromatic hydroxyl groups is 1. The number of phenols is 1. The van der Waals surface area contributed by atoms with Crippen molar-refractivity contribution in [2.45, 2.75) is 13.0 Å². The maximum atomic E-state index is 9.65. The molecule has 0 fully saturated rings. The summed E-state index contributed by atoms with van der Waals surface area (Å²) >= 11 is 0. The van der Waals surface area contributed by atoms with Crippen LogP contribution in [0.2, 0.25) is 0 Å². The van der Waals surface area contributed by atoms with Gasteiger partial charge in [0.05, 0.1) is 13.7 Å². The molecule has 0 amide bonds. The molecule has 0 aliphatic heterocycles. The SMILES string of the molecule is COc1ccc(CC[NH2+]Cc2ccccc2O)cc1. The highest BCUT2D eigenvalue weighted by Crippen LogP contribution is 2.13. The van der Waals surface area contributed by atoms with E-state index in [0.29, 0.717) is 5.75 Å². The van der Waals surface area contributed by atoms with Crippen LogP contribution in [0.4, 0.5) is 0 Å². The molecule has 2 rings (SSSR count). The minimum atomic E-state index is 0.378. The third-order valence-corrected chi connectivity index (χ3v) is 3.15. The fourth-order valence-electron chi connectivity index (χ4n) is 2.00. The van der Waals surface area contributed by atoms with Crippen molar-refractivity contribution < 1.29 is 15.2 Å². The summed E-state index contributed by atoms with van der Waals surface area (Å²) in [5, 5.41) is 11.9. The minimum absolute atomic E-state index is 0.378. The maximum Gasteiger partial charge on any atom is 0.124 e. The van der Waals surface area contributed by atoms with Crippen molar-refractivity contribution in [2.24, 2.45) is 0 Å². The van der Waals surface area contributed by atoms with Gasteiger partial charge >= 0.3 is 0 Å². The molecule has 0 saturated carbocycles. The van der Waals surface area contributed by atoms with Crippen molar-refractivity contribution in [3.05, 3.63) is 59.7 Å². The summed E-state index contributed by atoms with van der Waals surface area (Å²) in [5.74, 6) is 1.27. The highest BCUT2D eigenvalue weighted by atomic mass is 16.5. The van der Waals surface area contributed by atoms with E-state index in [-0.39, 0.29) is 0 Å². The third-order valence-electron chi connectivity index (χ3n) is 3.15. The van der Waals surface area contributed by atoms with Crippen molar-refractivity contribution in [3.8, 4) is 11.5 Å². The zero-order chi connectivity index (χ0) is 13.5. The number of quaternary nitrogens is 1. The fraction of sp³-hybridized carbons (Fsp3) is 0.250. The molecule has 100 valence electrons. The molecule has 19 heavy (non-hydrogen) atoms. The van der Waals surface area contributed by atoms with Crippen LogP contribution in [0, 0.1) is 0 Å². The van der Waals surface area contributed by atoms with Crippen LogP contribution in [0.15, 0.2) is 48.5 Å². The summed E-state index contributed by atoms with van der Waals surface area (Å²) in [5.41, 5.74) is 2.28. The highest BCUT2D eigenvalue weighted by Gasteiger charge is 2.01. The number of methoxy groups -OCH3 is 1. The largest absolute Gasteiger partial charge is 0.507 e. The van der Waals surface area contributed by atoms with Gasteiger partial charge in [-0.25, -0.2) is 0 Å². The van der Waals surface area contributed by atoms with Gasteiger partial charge in [-0.3, -0.25) is 0 Å². The molecule has 2 aromatic rings. The van der Waals surface area contributed by atoms with E-state index >= 15 is 0 Å². The van der Waals surface area contributed by atoms with Gasteiger partial charge in [-0.05, 0) is 29.8 Å². The van der Waals surface area contributed by atoms with Crippen LogP contribution >= 0.6 is 0 Å². The number of hydrogen-bond donors (Lipinski definition) is 2. The monoisotopic (exact) mass is 258 g/mol. The molecule has 0 saturated heterocycles. The van der Waals surface area contributed by atoms with Crippen LogP contribution in [0.1, 0.15) is 11.1 Å². The number of nitrogens with two attached hydrogens (primary N) is 1. The van der Waals surface area contributed by atoms with Gasteiger partial charge in [-0.1, -0.05) is 24.3 Å². The Morgan fingerprint density at radius 2 is 1.79 bits per heavy atom. The lowest BCUT2D eigenvalue weighted by Crippen LogP contribution is -2.83. The normalized spacial score (nSPS) is 10.4. The van der Waals surface area contributed by atoms with Gasteiger partial charge in [0.1, 0.15) is 18.0 Å². The summed E-state index contributed by atoms with van der Waals surface area (Å²) < 4.78 is 5.13. The first-order valence-corrected chi connectivity index (χ1v) is 6.51. The molecule has 2 aromatic carbocycles. The van der Waals surface area contributed by atoms with E-state index in [2.05, 4.69) is 17.4 Å². The lowest BCUT2D eigenvalue weighted by molar-refractivity contribution is -0.670. The first-order valence-electron chi connectivity index (χ1n) is 6.51. The van der Waals surface area contributed by atoms with Crippen molar-refractivity contribution in [3.63, 3.8) is 0 Å². The molecule has 0 radical (unpaired) electrons. The molecule has 0 aliphatic carbocycles. The summed E-state index contributed by atoms with van der Waals surface area (Å²) in [6.07, 6.45) is 1.01. The molecule has 0 aromatic heterocycles. The minimum Gasteiger partial charge on any atom is -0.507 e. The van der Waals surface area contributed by atoms with E-state index in [1.165, 1.54) is 5.56 Å². The average Bonchev–Trinajstić information content (AvgIpc) is 2.46. The standard InChI is InChI=1S/C16H19NO2/c1-19-15-8-6-13(7-9-15)10-11-17-12-14-4-2-3-5-16(14)18/h2-9,17-18H,10-12H2,1H3/p+1. The zero-order valence-corrected chi connectivity index (χ0v) is 11.2. The lowest BCUT2D eigenvalue weighted by atomic mass is 10.1. The van der Waals surface area contributed by atoms with E-state index in [1.807, 2.05) is 30.3 Å². The van der Waals surface area contributed by atoms with Gasteiger partial charge in [-0.2, -0.15) is 0 Å². The Morgan fingerprint density at radius 1 is 1.05 bits per heavy atom. The van der Waals surface area contributed by atoms with E-state index < -0.39 is 0 Å². The number of ether oxygens (including phenoxy) is 1. The van der Waals surface area contributed by atoms with Crippen LogP contribution < -0.4 is 10.1 Å². The Kier molecular flexibility index (Phi) is 4.81. The molecule has 0 atom stereocenters. The Labute approximate surface area is 113 Å². The van der Waals surface area contributed by atoms with Crippen LogP contribution in [-0.2, 0) is 13.0 Å². The van der Waals surface area contributed by atoms with Gasteiger partial charge in [0, 0.05) is 12.0 Å². The van der Waals surface area contributed by atoms with Crippen LogP contribution in [0.25, 0.3) is 0 Å². The summed E-state index contributed by atoms with van der Waals surface area (Å²) in [6.45, 7) is 1.81. The van der Waals surface area contributed by atoms with E-state index in [9.17, 15) is 5.11 Å². The fourth-order valence-corrected chi connectivity index (χ4v) is 2.00. The maximum absolute atomic E-state index is 9.65. The van der Waals surface area contributed by atoms with Crippen molar-refractivity contribution in [1.82, 2.24) is 0 Å². The van der Waals surface area contributed by atoms with Crippen molar-refractivity contribution in [2.75, 3.05) is 13.7 Å². The van der Waals surface area contributed by atoms with Crippen LogP contribution in [-0.4, -0.2) is 18.8 Å². The second kappa shape index (κ2) is 6.81. The number of phenolic OH excluding ortho intramolecular Hbond substituents is 1. The molecule has 0 spiro atoms. The molecule has 3 nitrogen and oxygen atoms in total. The predicted molar refractivity (Wildman–Crippen MR) is 75.3 cm³/mol. The van der Waals surface area contributed by atoms with Gasteiger partial charge in [0.2, 0.25) is 0 Å². The molecule has 0 heterocycles. The second-order valence-electron chi connectivity index (χ2n) is 4.51. The molecule has 3 N–H and O–H groups in total. The lowest BCUT2D eigenvalue weighted by Gasteiger charge is -2.05. The topological polar surface area (TPSA) is 46.1 Å². The highest BCUT2D eigenvalue weighted by molar-refractivity contribution is 5.30. The molecule has 3 heteroatoms.